The summed E-state index contributed by atoms with van der Waals surface area (Å²) in [6.07, 6.45) is 0. The number of nitrogens with zero attached hydrogens (tertiary/aromatic N) is 2. The third-order valence-electron chi connectivity index (χ3n) is 4.75. The van der Waals surface area contributed by atoms with Gasteiger partial charge >= 0.3 is 0 Å². The van der Waals surface area contributed by atoms with Crippen LogP contribution in [-0.4, -0.2) is 62.6 Å². The van der Waals surface area contributed by atoms with E-state index in [-0.39, 0.29) is 11.7 Å². The molecule has 3 rings (SSSR count). The van der Waals surface area contributed by atoms with Crippen LogP contribution in [0.5, 0.6) is 0 Å². The van der Waals surface area contributed by atoms with Crippen LogP contribution in [0.4, 0.5) is 0 Å². The van der Waals surface area contributed by atoms with Crippen LogP contribution in [0.15, 0.2) is 40.6 Å². The SMILES string of the molecule is Cc1ccc(C)c(S(=O)(=O)CCN2CCN(C(=O)c3cccs3)CC2)c1. The second-order valence-electron chi connectivity index (χ2n) is 6.70. The number of benzene rings is 1. The van der Waals surface area contributed by atoms with E-state index in [4.69, 9.17) is 0 Å². The van der Waals surface area contributed by atoms with Crippen molar-refractivity contribution in [3.8, 4) is 0 Å². The third kappa shape index (κ3) is 4.34. The lowest BCUT2D eigenvalue weighted by atomic mass is 10.2. The zero-order valence-electron chi connectivity index (χ0n) is 15.1. The maximum atomic E-state index is 12.7. The molecule has 0 N–H and O–H groups in total. The van der Waals surface area contributed by atoms with Gasteiger partial charge in [0.25, 0.3) is 5.91 Å². The number of carbonyl (C=O) groups is 1. The van der Waals surface area contributed by atoms with Gasteiger partial charge in [0.05, 0.1) is 15.5 Å². The molecule has 1 aromatic heterocycles. The van der Waals surface area contributed by atoms with Crippen molar-refractivity contribution in [3.63, 3.8) is 0 Å². The molecule has 1 amide bonds. The lowest BCUT2D eigenvalue weighted by molar-refractivity contribution is 0.0649. The summed E-state index contributed by atoms with van der Waals surface area (Å²) in [4.78, 5) is 17.5. The van der Waals surface area contributed by atoms with Crippen molar-refractivity contribution in [3.05, 3.63) is 51.7 Å². The standard InChI is InChI=1S/C19H24N2O3S2/c1-15-5-6-16(2)18(14-15)26(23,24)13-11-20-7-9-21(10-8-20)19(22)17-4-3-12-25-17/h3-6,12,14H,7-11,13H2,1-2H3. The van der Waals surface area contributed by atoms with Crippen molar-refractivity contribution in [2.75, 3.05) is 38.5 Å². The van der Waals surface area contributed by atoms with Crippen LogP contribution in [0.3, 0.4) is 0 Å². The second-order valence-corrected chi connectivity index (χ2v) is 9.72. The van der Waals surface area contributed by atoms with Crippen LogP contribution in [0.1, 0.15) is 20.8 Å². The Morgan fingerprint density at radius 2 is 1.85 bits per heavy atom. The molecule has 140 valence electrons. The van der Waals surface area contributed by atoms with Crippen molar-refractivity contribution in [2.45, 2.75) is 18.7 Å². The second kappa shape index (κ2) is 7.90. The van der Waals surface area contributed by atoms with Crippen LogP contribution in [0.25, 0.3) is 0 Å². The number of thiophene rings is 1. The largest absolute Gasteiger partial charge is 0.335 e. The molecule has 1 aromatic carbocycles. The zero-order valence-corrected chi connectivity index (χ0v) is 16.8. The number of piperazine rings is 1. The number of amides is 1. The fourth-order valence-corrected chi connectivity index (χ4v) is 5.47. The number of carbonyl (C=O) groups excluding carboxylic acids is 1. The van der Waals surface area contributed by atoms with E-state index in [9.17, 15) is 13.2 Å². The highest BCUT2D eigenvalue weighted by Gasteiger charge is 2.24. The van der Waals surface area contributed by atoms with E-state index < -0.39 is 9.84 Å². The van der Waals surface area contributed by atoms with Gasteiger partial charge in [-0.05, 0) is 42.5 Å². The first-order chi connectivity index (χ1) is 12.4. The van der Waals surface area contributed by atoms with E-state index in [0.717, 1.165) is 16.0 Å². The van der Waals surface area contributed by atoms with Crippen LogP contribution in [0, 0.1) is 13.8 Å². The molecule has 26 heavy (non-hydrogen) atoms. The lowest BCUT2D eigenvalue weighted by Crippen LogP contribution is -2.49. The first-order valence-electron chi connectivity index (χ1n) is 8.72. The van der Waals surface area contributed by atoms with Gasteiger partial charge in [0.2, 0.25) is 0 Å². The summed E-state index contributed by atoms with van der Waals surface area (Å²) in [5.41, 5.74) is 1.75. The molecule has 1 saturated heterocycles. The predicted molar refractivity (Wildman–Crippen MR) is 105 cm³/mol. The molecule has 0 bridgehead atoms. The fourth-order valence-electron chi connectivity index (χ4n) is 3.13. The van der Waals surface area contributed by atoms with Gasteiger partial charge in [-0.1, -0.05) is 18.2 Å². The molecule has 2 aromatic rings. The van der Waals surface area contributed by atoms with Gasteiger partial charge < -0.3 is 4.90 Å². The number of hydrogen-bond donors (Lipinski definition) is 0. The third-order valence-corrected chi connectivity index (χ3v) is 7.43. The van der Waals surface area contributed by atoms with Gasteiger partial charge in [-0.3, -0.25) is 9.69 Å². The van der Waals surface area contributed by atoms with Gasteiger partial charge in [-0.25, -0.2) is 8.42 Å². The molecule has 0 atom stereocenters. The highest BCUT2D eigenvalue weighted by atomic mass is 32.2. The van der Waals surface area contributed by atoms with Crippen molar-refractivity contribution in [2.24, 2.45) is 0 Å². The summed E-state index contributed by atoms with van der Waals surface area (Å²) in [7, 11) is -3.30. The van der Waals surface area contributed by atoms with Crippen LogP contribution in [-0.2, 0) is 9.84 Å². The van der Waals surface area contributed by atoms with E-state index >= 15 is 0 Å². The van der Waals surface area contributed by atoms with E-state index in [1.807, 2.05) is 48.4 Å². The summed E-state index contributed by atoms with van der Waals surface area (Å²) in [6, 6.07) is 9.26. The number of hydrogen-bond acceptors (Lipinski definition) is 5. The normalized spacial score (nSPS) is 16.0. The summed E-state index contributed by atoms with van der Waals surface area (Å²) in [5.74, 6) is 0.179. The van der Waals surface area contributed by atoms with Crippen LogP contribution >= 0.6 is 11.3 Å². The summed E-state index contributed by atoms with van der Waals surface area (Å²) < 4.78 is 25.4. The Hall–Kier alpha value is -1.70. The maximum absolute atomic E-state index is 12.7. The van der Waals surface area contributed by atoms with Crippen molar-refractivity contribution in [1.29, 1.82) is 0 Å². The summed E-state index contributed by atoms with van der Waals surface area (Å²) in [5, 5.41) is 1.90. The highest BCUT2D eigenvalue weighted by molar-refractivity contribution is 7.91. The van der Waals surface area contributed by atoms with E-state index in [2.05, 4.69) is 4.90 Å². The molecule has 0 spiro atoms. The van der Waals surface area contributed by atoms with Gasteiger partial charge in [0.1, 0.15) is 0 Å². The average Bonchev–Trinajstić information content (AvgIpc) is 3.16. The van der Waals surface area contributed by atoms with Gasteiger partial charge in [0.15, 0.2) is 9.84 Å². The Morgan fingerprint density at radius 3 is 2.50 bits per heavy atom. The summed E-state index contributed by atoms with van der Waals surface area (Å²) in [6.45, 7) is 6.93. The fraction of sp³-hybridized carbons (Fsp3) is 0.421. The molecule has 2 heterocycles. The monoisotopic (exact) mass is 392 g/mol. The first-order valence-corrected chi connectivity index (χ1v) is 11.3. The molecular weight excluding hydrogens is 368 g/mol. The topological polar surface area (TPSA) is 57.7 Å². The Labute approximate surface area is 159 Å². The quantitative estimate of drug-likeness (QED) is 0.785. The highest BCUT2D eigenvalue weighted by Crippen LogP contribution is 2.19. The molecule has 0 saturated carbocycles. The molecule has 1 aliphatic rings. The van der Waals surface area contributed by atoms with Gasteiger partial charge in [0, 0.05) is 32.7 Å². The van der Waals surface area contributed by atoms with Gasteiger partial charge in [-0.15, -0.1) is 11.3 Å². The smallest absolute Gasteiger partial charge is 0.264 e. The predicted octanol–water partition coefficient (Wildman–Crippen LogP) is 2.60. The van der Waals surface area contributed by atoms with Crippen LogP contribution in [0.2, 0.25) is 0 Å². The Bertz CT molecular complexity index is 868. The number of rotatable bonds is 5. The average molecular weight is 393 g/mol. The number of sulfone groups is 1. The molecule has 1 aliphatic heterocycles. The molecule has 1 fully saturated rings. The minimum absolute atomic E-state index is 0.0719. The first kappa shape index (κ1) is 19.1. The Balaban J connectivity index is 1.55. The van der Waals surface area contributed by atoms with Crippen molar-refractivity contribution >= 4 is 27.1 Å². The Kier molecular flexibility index (Phi) is 5.79. The maximum Gasteiger partial charge on any atom is 0.264 e. The minimum atomic E-state index is -3.30. The Morgan fingerprint density at radius 1 is 1.12 bits per heavy atom. The van der Waals surface area contributed by atoms with Crippen molar-refractivity contribution in [1.82, 2.24) is 9.80 Å². The molecule has 0 unspecified atom stereocenters. The molecule has 7 heteroatoms. The summed E-state index contributed by atoms with van der Waals surface area (Å²) >= 11 is 1.46. The van der Waals surface area contributed by atoms with E-state index in [0.29, 0.717) is 37.6 Å². The molecule has 0 aliphatic carbocycles. The van der Waals surface area contributed by atoms with E-state index in [1.54, 1.807) is 6.07 Å². The van der Waals surface area contributed by atoms with Crippen molar-refractivity contribution < 1.29 is 13.2 Å². The lowest BCUT2D eigenvalue weighted by Gasteiger charge is -2.34. The van der Waals surface area contributed by atoms with E-state index in [1.165, 1.54) is 11.3 Å². The number of aryl methyl sites for hydroxylation is 2. The molecular formula is C19H24N2O3S2. The zero-order chi connectivity index (χ0) is 18.7. The van der Waals surface area contributed by atoms with Crippen LogP contribution < -0.4 is 0 Å². The van der Waals surface area contributed by atoms with Gasteiger partial charge in [-0.2, -0.15) is 0 Å². The molecule has 0 radical (unpaired) electrons. The molecule has 5 nitrogen and oxygen atoms in total. The minimum Gasteiger partial charge on any atom is -0.335 e.